The number of H-pyrrole nitrogens is 1. The Bertz CT molecular complexity index is 1520. The molecule has 0 radical (unpaired) electrons. The van der Waals surface area contributed by atoms with Crippen molar-refractivity contribution in [3.05, 3.63) is 130 Å². The molecule has 0 aliphatic carbocycles. The second-order valence-electron chi connectivity index (χ2n) is 8.65. The smallest absolute Gasteiger partial charge is 0.337 e. The van der Waals surface area contributed by atoms with Crippen LogP contribution in [0.2, 0.25) is 5.02 Å². The van der Waals surface area contributed by atoms with Gasteiger partial charge >= 0.3 is 6.18 Å². The third-order valence-corrected chi connectivity index (χ3v) is 6.28. The van der Waals surface area contributed by atoms with Crippen LogP contribution in [-0.4, -0.2) is 20.2 Å². The fraction of sp³-hybridized carbons (Fsp3) is 0.107. The molecule has 5 nitrogen and oxygen atoms in total. The molecule has 0 spiro atoms. The lowest BCUT2D eigenvalue weighted by Gasteiger charge is -2.35. The Morgan fingerprint density at radius 1 is 0.842 bits per heavy atom. The average molecular weight is 538 g/mol. The van der Waals surface area contributed by atoms with Crippen LogP contribution in [0.1, 0.15) is 22.4 Å². The third kappa shape index (κ3) is 5.38. The van der Waals surface area contributed by atoms with Gasteiger partial charge < -0.3 is 5.32 Å². The summed E-state index contributed by atoms with van der Waals surface area (Å²) in [6, 6.07) is 23.9. The first-order valence-corrected chi connectivity index (χ1v) is 11.9. The van der Waals surface area contributed by atoms with Gasteiger partial charge in [-0.15, -0.1) is 5.10 Å². The van der Waals surface area contributed by atoms with E-state index in [0.717, 1.165) is 23.3 Å². The van der Waals surface area contributed by atoms with Gasteiger partial charge in [-0.1, -0.05) is 72.3 Å². The molecule has 0 bridgehead atoms. The minimum absolute atomic E-state index is 0.00504. The van der Waals surface area contributed by atoms with Gasteiger partial charge in [0.2, 0.25) is 5.95 Å². The minimum Gasteiger partial charge on any atom is -0.337 e. The number of aromatic amines is 1. The van der Waals surface area contributed by atoms with Crippen LogP contribution in [0.4, 0.5) is 23.5 Å². The fourth-order valence-corrected chi connectivity index (χ4v) is 4.40. The van der Waals surface area contributed by atoms with Crippen molar-refractivity contribution in [1.82, 2.24) is 20.2 Å². The molecular weight excluding hydrogens is 518 g/mol. The first-order chi connectivity index (χ1) is 18.2. The lowest BCUT2D eigenvalue weighted by atomic mass is 9.80. The average Bonchev–Trinajstić information content (AvgIpc) is 3.37. The van der Waals surface area contributed by atoms with Crippen molar-refractivity contribution >= 4 is 17.5 Å². The Hall–Kier alpha value is -4.24. The number of nitrogens with zero attached hydrogens (tertiary/aromatic N) is 3. The molecule has 3 aromatic carbocycles. The Morgan fingerprint density at radius 3 is 2.18 bits per heavy atom. The fourth-order valence-electron chi connectivity index (χ4n) is 4.28. The number of hydrogen-bond acceptors (Lipinski definition) is 4. The van der Waals surface area contributed by atoms with Crippen LogP contribution in [0.15, 0.2) is 97.2 Å². The molecule has 5 aromatic rings. The topological polar surface area (TPSA) is 66.5 Å². The molecule has 0 aliphatic rings. The molecule has 5 rings (SSSR count). The van der Waals surface area contributed by atoms with Crippen LogP contribution in [-0.2, 0) is 18.1 Å². The van der Waals surface area contributed by atoms with Gasteiger partial charge in [-0.25, -0.2) is 4.39 Å². The molecule has 0 saturated carbocycles. The predicted octanol–water partition coefficient (Wildman–Crippen LogP) is 7.28. The summed E-state index contributed by atoms with van der Waals surface area (Å²) < 4.78 is 56.1. The third-order valence-electron chi connectivity index (χ3n) is 6.05. The SMILES string of the molecule is Fc1cc(C(F)(F)F)cc(C(Cc2ccccc2)(Nc2n[nH]c(-c3ccccc3)n2)c2ccc(Cl)cn2)c1. The second-order valence-corrected chi connectivity index (χ2v) is 9.09. The van der Waals surface area contributed by atoms with Gasteiger partial charge in [0.25, 0.3) is 0 Å². The maximum Gasteiger partial charge on any atom is 0.416 e. The molecule has 1 unspecified atom stereocenters. The number of hydrogen-bond donors (Lipinski definition) is 2. The molecule has 1 atom stereocenters. The van der Waals surface area contributed by atoms with E-state index in [4.69, 9.17) is 11.6 Å². The van der Waals surface area contributed by atoms with Crippen molar-refractivity contribution in [1.29, 1.82) is 0 Å². The number of anilines is 1. The van der Waals surface area contributed by atoms with E-state index in [1.54, 1.807) is 12.1 Å². The summed E-state index contributed by atoms with van der Waals surface area (Å²) >= 11 is 6.09. The molecule has 38 heavy (non-hydrogen) atoms. The zero-order chi connectivity index (χ0) is 26.8. The zero-order valence-electron chi connectivity index (χ0n) is 19.7. The summed E-state index contributed by atoms with van der Waals surface area (Å²) in [6.45, 7) is 0. The molecule has 0 amide bonds. The number of halogens is 5. The number of benzene rings is 3. The second kappa shape index (κ2) is 10.3. The number of alkyl halides is 3. The van der Waals surface area contributed by atoms with E-state index in [0.29, 0.717) is 22.6 Å². The summed E-state index contributed by atoms with van der Waals surface area (Å²) in [5, 5.41) is 10.6. The van der Waals surface area contributed by atoms with Crippen molar-refractivity contribution in [3.63, 3.8) is 0 Å². The quantitative estimate of drug-likeness (QED) is 0.214. The molecule has 0 saturated heterocycles. The number of pyridine rings is 1. The van der Waals surface area contributed by atoms with Crippen molar-refractivity contribution < 1.29 is 17.6 Å². The molecule has 0 aliphatic heterocycles. The maximum atomic E-state index is 14.8. The number of rotatable bonds is 7. The molecular formula is C28H20ClF4N5. The van der Waals surface area contributed by atoms with Crippen molar-refractivity contribution in [2.75, 3.05) is 5.32 Å². The van der Waals surface area contributed by atoms with E-state index in [1.807, 2.05) is 60.7 Å². The van der Waals surface area contributed by atoms with Crippen LogP contribution in [0.25, 0.3) is 11.4 Å². The van der Waals surface area contributed by atoms with Crippen LogP contribution >= 0.6 is 11.6 Å². The Labute approximate surface area is 220 Å². The maximum absolute atomic E-state index is 14.8. The Morgan fingerprint density at radius 2 is 1.53 bits per heavy atom. The predicted molar refractivity (Wildman–Crippen MR) is 137 cm³/mol. The highest BCUT2D eigenvalue weighted by atomic mass is 35.5. The van der Waals surface area contributed by atoms with E-state index in [9.17, 15) is 17.6 Å². The highest BCUT2D eigenvalue weighted by molar-refractivity contribution is 6.30. The van der Waals surface area contributed by atoms with Gasteiger partial charge in [0.15, 0.2) is 5.82 Å². The lowest BCUT2D eigenvalue weighted by Crippen LogP contribution is -2.40. The van der Waals surface area contributed by atoms with E-state index in [1.165, 1.54) is 6.20 Å². The molecule has 2 aromatic heterocycles. The van der Waals surface area contributed by atoms with Crippen LogP contribution in [0, 0.1) is 5.82 Å². The van der Waals surface area contributed by atoms with Gasteiger partial charge in [0.05, 0.1) is 16.3 Å². The van der Waals surface area contributed by atoms with E-state index in [2.05, 4.69) is 25.5 Å². The highest BCUT2D eigenvalue weighted by Crippen LogP contribution is 2.39. The molecule has 2 heterocycles. The monoisotopic (exact) mass is 537 g/mol. The standard InChI is InChI=1S/C28H20ClF4N5/c29-22-11-12-24(34-17-22)27(16-18-7-3-1-4-8-18,20-13-21(28(31,32)33)15-23(30)14-20)36-26-35-25(37-38-26)19-9-5-2-6-10-19/h1-15,17H,16H2,(H2,35,36,37,38). The number of nitrogens with one attached hydrogen (secondary N) is 2. The first-order valence-electron chi connectivity index (χ1n) is 11.5. The molecule has 192 valence electrons. The Kier molecular flexibility index (Phi) is 6.86. The molecule has 2 N–H and O–H groups in total. The van der Waals surface area contributed by atoms with E-state index in [-0.39, 0.29) is 17.9 Å². The van der Waals surface area contributed by atoms with Gasteiger partial charge in [0.1, 0.15) is 11.4 Å². The molecule has 0 fully saturated rings. The summed E-state index contributed by atoms with van der Waals surface area (Å²) in [5.41, 5.74) is -0.819. The highest BCUT2D eigenvalue weighted by Gasteiger charge is 2.40. The van der Waals surface area contributed by atoms with Crippen molar-refractivity contribution in [2.24, 2.45) is 0 Å². The van der Waals surface area contributed by atoms with Crippen LogP contribution in [0.5, 0.6) is 0 Å². The zero-order valence-corrected chi connectivity index (χ0v) is 20.4. The van der Waals surface area contributed by atoms with E-state index < -0.39 is 23.1 Å². The number of aromatic nitrogens is 4. The summed E-state index contributed by atoms with van der Waals surface area (Å²) in [6.07, 6.45) is -3.29. The van der Waals surface area contributed by atoms with Gasteiger partial charge in [0, 0.05) is 18.2 Å². The Balaban J connectivity index is 1.72. The largest absolute Gasteiger partial charge is 0.416 e. The molecule has 10 heteroatoms. The lowest BCUT2D eigenvalue weighted by molar-refractivity contribution is -0.137. The summed E-state index contributed by atoms with van der Waals surface area (Å²) in [5.74, 6) is -0.502. The summed E-state index contributed by atoms with van der Waals surface area (Å²) in [7, 11) is 0. The normalized spacial score (nSPS) is 13.2. The first kappa shape index (κ1) is 25.4. The van der Waals surface area contributed by atoms with Crippen LogP contribution in [0.3, 0.4) is 0 Å². The van der Waals surface area contributed by atoms with Gasteiger partial charge in [-0.3, -0.25) is 10.1 Å². The van der Waals surface area contributed by atoms with Gasteiger partial charge in [-0.2, -0.15) is 18.2 Å². The van der Waals surface area contributed by atoms with Gasteiger partial charge in [-0.05, 0) is 41.5 Å². The van der Waals surface area contributed by atoms with E-state index >= 15 is 0 Å². The van der Waals surface area contributed by atoms with Crippen molar-refractivity contribution in [3.8, 4) is 11.4 Å². The van der Waals surface area contributed by atoms with Crippen LogP contribution < -0.4 is 5.32 Å². The van der Waals surface area contributed by atoms with Crippen molar-refractivity contribution in [2.45, 2.75) is 18.1 Å². The minimum atomic E-state index is -4.77. The summed E-state index contributed by atoms with van der Waals surface area (Å²) in [4.78, 5) is 8.96.